The van der Waals surface area contributed by atoms with E-state index in [0.717, 1.165) is 17.8 Å². The van der Waals surface area contributed by atoms with Crippen LogP contribution in [0.2, 0.25) is 0 Å². The summed E-state index contributed by atoms with van der Waals surface area (Å²) in [5.74, 6) is 0. The Labute approximate surface area is 189 Å². The summed E-state index contributed by atoms with van der Waals surface area (Å²) in [6, 6.07) is 8.38. The molecule has 0 unspecified atom stereocenters. The van der Waals surface area contributed by atoms with E-state index in [4.69, 9.17) is 9.47 Å². The lowest BCUT2D eigenvalue weighted by Crippen LogP contribution is -2.45. The Bertz CT molecular complexity index is 1170. The fraction of sp³-hybridized carbons (Fsp3) is 0.435. The van der Waals surface area contributed by atoms with Crippen molar-refractivity contribution in [2.24, 2.45) is 0 Å². The third-order valence-electron chi connectivity index (χ3n) is 5.14. The van der Waals surface area contributed by atoms with E-state index in [2.05, 4.69) is 10.1 Å². The van der Waals surface area contributed by atoms with E-state index in [1.165, 1.54) is 12.1 Å². The van der Waals surface area contributed by atoms with E-state index in [9.17, 15) is 18.0 Å². The number of aryl methyl sites for hydroxylation is 1. The van der Waals surface area contributed by atoms with Gasteiger partial charge in [0.05, 0.1) is 30.1 Å². The van der Waals surface area contributed by atoms with Crippen molar-refractivity contribution in [2.75, 3.05) is 19.7 Å². The summed E-state index contributed by atoms with van der Waals surface area (Å²) in [6.45, 7) is 8.29. The van der Waals surface area contributed by atoms with E-state index in [1.54, 1.807) is 15.5 Å². The van der Waals surface area contributed by atoms with Crippen LogP contribution < -0.4 is 0 Å². The van der Waals surface area contributed by atoms with E-state index < -0.39 is 29.5 Å². The molecule has 4 rings (SSSR count). The first kappa shape index (κ1) is 23.0. The van der Waals surface area contributed by atoms with Crippen LogP contribution in [0.4, 0.5) is 18.0 Å². The quantitative estimate of drug-likeness (QED) is 0.534. The number of carbonyl (C=O) groups excluding carboxylic acids is 1. The second kappa shape index (κ2) is 8.33. The van der Waals surface area contributed by atoms with Crippen molar-refractivity contribution < 1.29 is 27.4 Å². The van der Waals surface area contributed by atoms with E-state index in [1.807, 2.05) is 33.8 Å². The summed E-state index contributed by atoms with van der Waals surface area (Å²) < 4.78 is 51.7. The molecule has 1 atom stereocenters. The molecule has 0 saturated carbocycles. The van der Waals surface area contributed by atoms with Crippen LogP contribution in [0.5, 0.6) is 0 Å². The van der Waals surface area contributed by atoms with Crippen LogP contribution in [-0.4, -0.2) is 50.9 Å². The number of alkyl halides is 3. The Hall–Kier alpha value is -3.14. The molecule has 1 aliphatic rings. The number of carbonyl (C=O) groups is 1. The van der Waals surface area contributed by atoms with Gasteiger partial charge in [0.15, 0.2) is 5.65 Å². The van der Waals surface area contributed by atoms with Crippen molar-refractivity contribution in [3.8, 4) is 11.3 Å². The average molecular weight is 462 g/mol. The number of aromatic nitrogens is 3. The summed E-state index contributed by atoms with van der Waals surface area (Å²) in [5.41, 5.74) is 1.67. The molecule has 33 heavy (non-hydrogen) atoms. The standard InChI is InChI=1S/C23H25F3N4O3/c1-14-11-18(19-13-29(9-10-32-19)21(31)33-22(2,3)4)30-20(27-14)12-17(28-30)15-5-7-16(8-6-15)23(24,25)26/h5-8,11-12,19H,9-10,13H2,1-4H3/t19-/m0/s1. The Balaban J connectivity index is 1.65. The van der Waals surface area contributed by atoms with Crippen LogP contribution in [0.25, 0.3) is 16.9 Å². The minimum Gasteiger partial charge on any atom is -0.444 e. The van der Waals surface area contributed by atoms with Gasteiger partial charge in [-0.1, -0.05) is 12.1 Å². The van der Waals surface area contributed by atoms with E-state index in [0.29, 0.717) is 35.8 Å². The van der Waals surface area contributed by atoms with Crippen molar-refractivity contribution >= 4 is 11.7 Å². The van der Waals surface area contributed by atoms with E-state index in [-0.39, 0.29) is 6.54 Å². The van der Waals surface area contributed by atoms with Crippen LogP contribution in [0.15, 0.2) is 36.4 Å². The van der Waals surface area contributed by atoms with Gasteiger partial charge in [-0.3, -0.25) is 0 Å². The molecular weight excluding hydrogens is 437 g/mol. The summed E-state index contributed by atoms with van der Waals surface area (Å²) in [4.78, 5) is 18.6. The normalized spacial score (nSPS) is 17.4. The number of amides is 1. The zero-order chi connectivity index (χ0) is 24.0. The van der Waals surface area contributed by atoms with Crippen molar-refractivity contribution in [3.05, 3.63) is 53.3 Å². The molecule has 2 aromatic heterocycles. The first-order valence-electron chi connectivity index (χ1n) is 10.6. The van der Waals surface area contributed by atoms with Gasteiger partial charge in [-0.2, -0.15) is 18.3 Å². The number of fused-ring (bicyclic) bond motifs is 1. The molecule has 1 saturated heterocycles. The number of halogens is 3. The molecule has 0 radical (unpaired) electrons. The van der Waals surface area contributed by atoms with Crippen molar-refractivity contribution in [1.82, 2.24) is 19.5 Å². The zero-order valence-corrected chi connectivity index (χ0v) is 18.8. The molecule has 3 aromatic rings. The third kappa shape index (κ3) is 5.11. The lowest BCUT2D eigenvalue weighted by Gasteiger charge is -2.34. The Morgan fingerprint density at radius 2 is 1.85 bits per heavy atom. The van der Waals surface area contributed by atoms with Gasteiger partial charge in [0.25, 0.3) is 0 Å². The maximum absolute atomic E-state index is 12.9. The monoisotopic (exact) mass is 462 g/mol. The highest BCUT2D eigenvalue weighted by molar-refractivity contribution is 5.68. The van der Waals surface area contributed by atoms with Crippen LogP contribution in [0.3, 0.4) is 0 Å². The highest BCUT2D eigenvalue weighted by Crippen LogP contribution is 2.31. The molecule has 0 N–H and O–H groups in total. The predicted octanol–water partition coefficient (Wildman–Crippen LogP) is 5.03. The zero-order valence-electron chi connectivity index (χ0n) is 18.8. The van der Waals surface area contributed by atoms with E-state index >= 15 is 0 Å². The average Bonchev–Trinajstić information content (AvgIpc) is 3.15. The number of hydrogen-bond acceptors (Lipinski definition) is 5. The lowest BCUT2D eigenvalue weighted by molar-refractivity contribution is -0.137. The minimum absolute atomic E-state index is 0.281. The maximum Gasteiger partial charge on any atom is 0.416 e. The van der Waals surface area contributed by atoms with Crippen LogP contribution >= 0.6 is 0 Å². The van der Waals surface area contributed by atoms with Gasteiger partial charge in [-0.05, 0) is 45.9 Å². The van der Waals surface area contributed by atoms with Gasteiger partial charge in [0, 0.05) is 23.9 Å². The molecule has 1 aromatic carbocycles. The lowest BCUT2D eigenvalue weighted by atomic mass is 10.1. The smallest absolute Gasteiger partial charge is 0.416 e. The summed E-state index contributed by atoms with van der Waals surface area (Å²) in [6.07, 6.45) is -5.28. The molecule has 176 valence electrons. The van der Waals surface area contributed by atoms with Crippen LogP contribution in [-0.2, 0) is 15.7 Å². The first-order valence-corrected chi connectivity index (χ1v) is 10.6. The fourth-order valence-corrected chi connectivity index (χ4v) is 3.65. The highest BCUT2D eigenvalue weighted by Gasteiger charge is 2.31. The molecule has 10 heteroatoms. The molecular formula is C23H25F3N4O3. The molecule has 1 amide bonds. The first-order chi connectivity index (χ1) is 15.4. The number of benzene rings is 1. The third-order valence-corrected chi connectivity index (χ3v) is 5.14. The number of nitrogens with zero attached hydrogens (tertiary/aromatic N) is 4. The summed E-state index contributed by atoms with van der Waals surface area (Å²) in [5, 5.41) is 4.58. The summed E-state index contributed by atoms with van der Waals surface area (Å²) in [7, 11) is 0. The topological polar surface area (TPSA) is 69.0 Å². The number of rotatable bonds is 2. The fourth-order valence-electron chi connectivity index (χ4n) is 3.65. The number of hydrogen-bond donors (Lipinski definition) is 0. The summed E-state index contributed by atoms with van der Waals surface area (Å²) >= 11 is 0. The van der Waals surface area contributed by atoms with Crippen LogP contribution in [0.1, 0.15) is 43.8 Å². The molecule has 0 aliphatic carbocycles. The molecule has 1 fully saturated rings. The molecule has 1 aliphatic heterocycles. The molecule has 3 heterocycles. The predicted molar refractivity (Wildman–Crippen MR) is 115 cm³/mol. The largest absolute Gasteiger partial charge is 0.444 e. The van der Waals surface area contributed by atoms with Gasteiger partial charge in [-0.15, -0.1) is 0 Å². The maximum atomic E-state index is 12.9. The highest BCUT2D eigenvalue weighted by atomic mass is 19.4. The van der Waals surface area contributed by atoms with Crippen molar-refractivity contribution in [2.45, 2.75) is 45.6 Å². The van der Waals surface area contributed by atoms with Gasteiger partial charge in [0.1, 0.15) is 11.7 Å². The molecule has 0 bridgehead atoms. The minimum atomic E-state index is -4.40. The van der Waals surface area contributed by atoms with Crippen molar-refractivity contribution in [3.63, 3.8) is 0 Å². The Morgan fingerprint density at radius 3 is 2.48 bits per heavy atom. The molecule has 0 spiro atoms. The van der Waals surface area contributed by atoms with Gasteiger partial charge in [-0.25, -0.2) is 14.3 Å². The Kier molecular flexibility index (Phi) is 5.81. The van der Waals surface area contributed by atoms with Crippen molar-refractivity contribution in [1.29, 1.82) is 0 Å². The van der Waals surface area contributed by atoms with Gasteiger partial charge < -0.3 is 14.4 Å². The number of ether oxygens (including phenoxy) is 2. The van der Waals surface area contributed by atoms with Crippen LogP contribution in [0, 0.1) is 6.92 Å². The van der Waals surface area contributed by atoms with Gasteiger partial charge in [0.2, 0.25) is 0 Å². The molecule has 7 nitrogen and oxygen atoms in total. The SMILES string of the molecule is Cc1cc([C@@H]2CN(C(=O)OC(C)(C)C)CCO2)n2nc(-c3ccc(C(F)(F)F)cc3)cc2n1. The Morgan fingerprint density at radius 1 is 1.15 bits per heavy atom. The number of morpholine rings is 1. The van der Waals surface area contributed by atoms with Gasteiger partial charge >= 0.3 is 12.3 Å². The second-order valence-corrected chi connectivity index (χ2v) is 8.98. The second-order valence-electron chi connectivity index (χ2n) is 8.98.